The number of rotatable bonds is 2. The molecular formula is C12H25N3O. The molecule has 2 N–H and O–H groups in total. The van der Waals surface area contributed by atoms with E-state index in [9.17, 15) is 4.79 Å². The SMILES string of the molecule is CNCC1C(=O)NCCC(C)N1C(C)(C)C. The Kier molecular flexibility index (Phi) is 4.33. The van der Waals surface area contributed by atoms with E-state index in [2.05, 4.69) is 43.2 Å². The Morgan fingerprint density at radius 1 is 1.50 bits per heavy atom. The minimum atomic E-state index is -0.0671. The fourth-order valence-electron chi connectivity index (χ4n) is 2.61. The molecule has 4 nitrogen and oxygen atoms in total. The van der Waals surface area contributed by atoms with Crippen LogP contribution in [-0.4, -0.2) is 48.6 Å². The van der Waals surface area contributed by atoms with Gasteiger partial charge in [0, 0.05) is 24.7 Å². The molecule has 1 saturated heterocycles. The van der Waals surface area contributed by atoms with Gasteiger partial charge < -0.3 is 10.6 Å². The Balaban J connectivity index is 2.96. The topological polar surface area (TPSA) is 44.4 Å². The van der Waals surface area contributed by atoms with Crippen LogP contribution in [0.25, 0.3) is 0 Å². The fraction of sp³-hybridized carbons (Fsp3) is 0.917. The lowest BCUT2D eigenvalue weighted by atomic mass is 9.98. The van der Waals surface area contributed by atoms with E-state index in [0.29, 0.717) is 12.6 Å². The summed E-state index contributed by atoms with van der Waals surface area (Å²) in [6.07, 6.45) is 1.02. The van der Waals surface area contributed by atoms with Crippen molar-refractivity contribution in [2.45, 2.75) is 51.7 Å². The van der Waals surface area contributed by atoms with Crippen LogP contribution in [0.1, 0.15) is 34.1 Å². The summed E-state index contributed by atoms with van der Waals surface area (Å²) in [4.78, 5) is 14.3. The molecule has 16 heavy (non-hydrogen) atoms. The molecule has 1 fully saturated rings. The number of carbonyl (C=O) groups excluding carboxylic acids is 1. The molecule has 2 atom stereocenters. The minimum absolute atomic E-state index is 0.0165. The maximum atomic E-state index is 12.0. The molecule has 2 unspecified atom stereocenters. The molecule has 0 aromatic rings. The number of amides is 1. The highest BCUT2D eigenvalue weighted by molar-refractivity contribution is 5.82. The minimum Gasteiger partial charge on any atom is -0.355 e. The molecule has 0 spiro atoms. The second kappa shape index (κ2) is 5.15. The third kappa shape index (κ3) is 2.95. The van der Waals surface area contributed by atoms with Gasteiger partial charge in [-0.15, -0.1) is 0 Å². The number of nitrogens with one attached hydrogen (secondary N) is 2. The van der Waals surface area contributed by atoms with Gasteiger partial charge in [-0.25, -0.2) is 0 Å². The second-order valence-corrected chi connectivity index (χ2v) is 5.58. The molecule has 0 aromatic heterocycles. The Morgan fingerprint density at radius 2 is 2.12 bits per heavy atom. The van der Waals surface area contributed by atoms with E-state index in [0.717, 1.165) is 13.0 Å². The smallest absolute Gasteiger partial charge is 0.238 e. The van der Waals surface area contributed by atoms with Gasteiger partial charge in [-0.05, 0) is 41.2 Å². The first-order valence-corrected chi connectivity index (χ1v) is 6.08. The standard InChI is InChI=1S/C12H25N3O/c1-9-6-7-14-11(16)10(8-13-5)15(9)12(2,3)4/h9-10,13H,6-8H2,1-5H3,(H,14,16). The van der Waals surface area contributed by atoms with Gasteiger partial charge in [0.15, 0.2) is 0 Å². The van der Waals surface area contributed by atoms with Crippen molar-refractivity contribution in [1.82, 2.24) is 15.5 Å². The van der Waals surface area contributed by atoms with E-state index in [1.807, 2.05) is 7.05 Å². The van der Waals surface area contributed by atoms with Crippen molar-refractivity contribution in [2.75, 3.05) is 20.1 Å². The number of hydrogen-bond donors (Lipinski definition) is 2. The highest BCUT2D eigenvalue weighted by Gasteiger charge is 2.37. The average Bonchev–Trinajstić information content (AvgIpc) is 2.26. The first-order chi connectivity index (χ1) is 7.38. The number of hydrogen-bond acceptors (Lipinski definition) is 3. The molecule has 0 radical (unpaired) electrons. The molecule has 1 aliphatic heterocycles. The van der Waals surface area contributed by atoms with Crippen LogP contribution in [0.4, 0.5) is 0 Å². The normalized spacial score (nSPS) is 28.7. The van der Waals surface area contributed by atoms with Crippen molar-refractivity contribution in [3.05, 3.63) is 0 Å². The van der Waals surface area contributed by atoms with Crippen molar-refractivity contribution >= 4 is 5.91 Å². The quantitative estimate of drug-likeness (QED) is 0.725. The molecule has 0 bridgehead atoms. The molecule has 0 saturated carbocycles. The molecule has 1 rings (SSSR count). The monoisotopic (exact) mass is 227 g/mol. The summed E-state index contributed by atoms with van der Waals surface area (Å²) in [7, 11) is 1.89. The van der Waals surface area contributed by atoms with Crippen LogP contribution in [0, 0.1) is 0 Å². The van der Waals surface area contributed by atoms with Crippen molar-refractivity contribution in [3.63, 3.8) is 0 Å². The molecule has 0 aliphatic carbocycles. The van der Waals surface area contributed by atoms with Gasteiger partial charge in [-0.1, -0.05) is 0 Å². The van der Waals surface area contributed by atoms with E-state index in [-0.39, 0.29) is 17.5 Å². The molecule has 1 heterocycles. The Labute approximate surface area is 98.8 Å². The van der Waals surface area contributed by atoms with Crippen LogP contribution in [-0.2, 0) is 4.79 Å². The zero-order chi connectivity index (χ0) is 12.3. The predicted octanol–water partition coefficient (Wildman–Crippen LogP) is 0.583. The lowest BCUT2D eigenvalue weighted by Crippen LogP contribution is -2.58. The first kappa shape index (κ1) is 13.5. The third-order valence-corrected chi connectivity index (χ3v) is 3.15. The van der Waals surface area contributed by atoms with Gasteiger partial charge in [-0.2, -0.15) is 0 Å². The Hall–Kier alpha value is -0.610. The summed E-state index contributed by atoms with van der Waals surface area (Å²) in [6, 6.07) is 0.361. The lowest BCUT2D eigenvalue weighted by Gasteiger charge is -2.43. The molecule has 1 amide bonds. The first-order valence-electron chi connectivity index (χ1n) is 6.08. The van der Waals surface area contributed by atoms with Gasteiger partial charge >= 0.3 is 0 Å². The van der Waals surface area contributed by atoms with Gasteiger partial charge in [0.2, 0.25) is 5.91 Å². The summed E-state index contributed by atoms with van der Waals surface area (Å²) < 4.78 is 0. The average molecular weight is 227 g/mol. The van der Waals surface area contributed by atoms with Gasteiger partial charge in [0.25, 0.3) is 0 Å². The van der Waals surface area contributed by atoms with Crippen molar-refractivity contribution in [3.8, 4) is 0 Å². The van der Waals surface area contributed by atoms with E-state index in [1.165, 1.54) is 0 Å². The van der Waals surface area contributed by atoms with Crippen LogP contribution in [0.15, 0.2) is 0 Å². The van der Waals surface area contributed by atoms with Crippen molar-refractivity contribution in [2.24, 2.45) is 0 Å². The summed E-state index contributed by atoms with van der Waals surface area (Å²) in [5.41, 5.74) is 0.0165. The van der Waals surface area contributed by atoms with E-state index < -0.39 is 0 Å². The second-order valence-electron chi connectivity index (χ2n) is 5.58. The fourth-order valence-corrected chi connectivity index (χ4v) is 2.61. The summed E-state index contributed by atoms with van der Waals surface area (Å²) in [6.45, 7) is 10.2. The van der Waals surface area contributed by atoms with Crippen LogP contribution in [0.5, 0.6) is 0 Å². The predicted molar refractivity (Wildman–Crippen MR) is 66.4 cm³/mol. The van der Waals surface area contributed by atoms with Gasteiger partial charge in [0.1, 0.15) is 6.04 Å². The molecule has 94 valence electrons. The van der Waals surface area contributed by atoms with Crippen LogP contribution < -0.4 is 10.6 Å². The highest BCUT2D eigenvalue weighted by atomic mass is 16.2. The highest BCUT2D eigenvalue weighted by Crippen LogP contribution is 2.23. The largest absolute Gasteiger partial charge is 0.355 e. The van der Waals surface area contributed by atoms with Crippen LogP contribution in [0.3, 0.4) is 0 Å². The van der Waals surface area contributed by atoms with Gasteiger partial charge in [-0.3, -0.25) is 9.69 Å². The molecule has 4 heteroatoms. The molecule has 0 aromatic carbocycles. The molecular weight excluding hydrogens is 202 g/mol. The van der Waals surface area contributed by atoms with Gasteiger partial charge in [0.05, 0.1) is 0 Å². The number of nitrogens with zero attached hydrogens (tertiary/aromatic N) is 1. The zero-order valence-corrected chi connectivity index (χ0v) is 11.1. The van der Waals surface area contributed by atoms with E-state index in [1.54, 1.807) is 0 Å². The number of likely N-dealkylation sites (N-methyl/N-ethyl adjacent to an activating group) is 1. The van der Waals surface area contributed by atoms with E-state index >= 15 is 0 Å². The Bertz CT molecular complexity index is 247. The zero-order valence-electron chi connectivity index (χ0n) is 11.1. The van der Waals surface area contributed by atoms with E-state index in [4.69, 9.17) is 0 Å². The number of carbonyl (C=O) groups is 1. The maximum absolute atomic E-state index is 12.0. The third-order valence-electron chi connectivity index (χ3n) is 3.15. The van der Waals surface area contributed by atoms with Crippen LogP contribution >= 0.6 is 0 Å². The molecule has 1 aliphatic rings. The summed E-state index contributed by atoms with van der Waals surface area (Å²) in [5, 5.41) is 6.11. The van der Waals surface area contributed by atoms with Crippen molar-refractivity contribution in [1.29, 1.82) is 0 Å². The lowest BCUT2D eigenvalue weighted by molar-refractivity contribution is -0.128. The van der Waals surface area contributed by atoms with Crippen molar-refractivity contribution < 1.29 is 4.79 Å². The van der Waals surface area contributed by atoms with Crippen LogP contribution in [0.2, 0.25) is 0 Å². The summed E-state index contributed by atoms with van der Waals surface area (Å²) >= 11 is 0. The Morgan fingerprint density at radius 3 is 2.62 bits per heavy atom. The summed E-state index contributed by atoms with van der Waals surface area (Å²) in [5.74, 6) is 0.147. The maximum Gasteiger partial charge on any atom is 0.238 e.